The summed E-state index contributed by atoms with van der Waals surface area (Å²) in [6, 6.07) is 9.75. The third-order valence-corrected chi connectivity index (χ3v) is 4.51. The summed E-state index contributed by atoms with van der Waals surface area (Å²) in [5.74, 6) is -3.65. The molecule has 1 aromatic heterocycles. The van der Waals surface area contributed by atoms with Crippen LogP contribution in [0.4, 0.5) is 4.39 Å². The number of methoxy groups -OCH3 is 1. The van der Waals surface area contributed by atoms with Crippen molar-refractivity contribution in [3.63, 3.8) is 0 Å². The van der Waals surface area contributed by atoms with Gasteiger partial charge in [-0.25, -0.2) is 9.18 Å². The number of ketones is 1. The Morgan fingerprint density at radius 1 is 1.21 bits per heavy atom. The van der Waals surface area contributed by atoms with Crippen LogP contribution < -0.4 is 4.74 Å². The van der Waals surface area contributed by atoms with E-state index in [1.165, 1.54) is 19.4 Å². The molecular weight excluding hydrogens is 389 g/mol. The number of carbonyl (C=O) groups excluding carboxylic acids is 1. The standard InChI is InChI=1S/C20H15ClFNO5/c1-28-17-7-3-6-14-18(17)12(15(24)8-16(25)20(26)27)10-23(14)9-11-4-2-5-13(21)19(11)22/h2-8,10,24H,9H2,1H3,(H,26,27). The van der Waals surface area contributed by atoms with Crippen LogP contribution in [0.3, 0.4) is 0 Å². The van der Waals surface area contributed by atoms with Crippen molar-refractivity contribution in [3.8, 4) is 5.75 Å². The van der Waals surface area contributed by atoms with Crippen molar-refractivity contribution < 1.29 is 28.9 Å². The van der Waals surface area contributed by atoms with Crippen LogP contribution in [0.15, 0.2) is 48.7 Å². The maximum Gasteiger partial charge on any atom is 0.376 e. The number of rotatable bonds is 6. The molecule has 2 N–H and O–H groups in total. The molecule has 6 nitrogen and oxygen atoms in total. The summed E-state index contributed by atoms with van der Waals surface area (Å²) in [6.07, 6.45) is 2.11. The van der Waals surface area contributed by atoms with Gasteiger partial charge in [0.25, 0.3) is 5.78 Å². The number of nitrogens with zero attached hydrogens (tertiary/aromatic N) is 1. The second kappa shape index (κ2) is 7.74. The Hall–Kier alpha value is -3.32. The van der Waals surface area contributed by atoms with Gasteiger partial charge >= 0.3 is 5.97 Å². The molecule has 1 heterocycles. The van der Waals surface area contributed by atoms with Gasteiger partial charge in [0.2, 0.25) is 0 Å². The molecule has 8 heteroatoms. The van der Waals surface area contributed by atoms with E-state index < -0.39 is 23.3 Å². The quantitative estimate of drug-likeness (QED) is 0.368. The molecule has 0 fully saturated rings. The molecule has 0 spiro atoms. The molecule has 0 unspecified atom stereocenters. The number of hydrogen-bond acceptors (Lipinski definition) is 4. The van der Waals surface area contributed by atoms with Crippen molar-refractivity contribution in [1.29, 1.82) is 0 Å². The topological polar surface area (TPSA) is 88.8 Å². The summed E-state index contributed by atoms with van der Waals surface area (Å²) in [5, 5.41) is 19.6. The van der Waals surface area contributed by atoms with E-state index in [-0.39, 0.29) is 17.1 Å². The SMILES string of the molecule is COc1cccc2c1c(C(O)=CC(=O)C(=O)O)cn2Cc1cccc(Cl)c1F. The Balaban J connectivity index is 2.19. The van der Waals surface area contributed by atoms with Gasteiger partial charge in [0.1, 0.15) is 17.3 Å². The number of aliphatic hydroxyl groups excluding tert-OH is 1. The van der Waals surface area contributed by atoms with Crippen molar-refractivity contribution in [2.24, 2.45) is 0 Å². The van der Waals surface area contributed by atoms with Gasteiger partial charge in [-0.3, -0.25) is 4.79 Å². The number of hydrogen-bond donors (Lipinski definition) is 2. The highest BCUT2D eigenvalue weighted by molar-refractivity contribution is 6.38. The maximum atomic E-state index is 14.3. The van der Waals surface area contributed by atoms with Crippen molar-refractivity contribution in [3.05, 3.63) is 70.6 Å². The number of halogens is 2. The minimum Gasteiger partial charge on any atom is -0.507 e. The molecule has 0 radical (unpaired) electrons. The second-order valence-corrected chi connectivity index (χ2v) is 6.34. The lowest BCUT2D eigenvalue weighted by molar-refractivity contribution is -0.146. The molecule has 144 valence electrons. The van der Waals surface area contributed by atoms with Crippen LogP contribution in [0, 0.1) is 5.82 Å². The van der Waals surface area contributed by atoms with Crippen LogP contribution in [0.25, 0.3) is 16.7 Å². The third kappa shape index (κ3) is 3.57. The molecule has 0 saturated heterocycles. The summed E-state index contributed by atoms with van der Waals surface area (Å²) < 4.78 is 21.3. The fourth-order valence-electron chi connectivity index (χ4n) is 2.93. The fourth-order valence-corrected chi connectivity index (χ4v) is 3.13. The van der Waals surface area contributed by atoms with Crippen LogP contribution in [-0.2, 0) is 16.1 Å². The first kappa shape index (κ1) is 19.4. The van der Waals surface area contributed by atoms with Gasteiger partial charge in [-0.2, -0.15) is 0 Å². The second-order valence-electron chi connectivity index (χ2n) is 5.94. The molecule has 0 bridgehead atoms. The van der Waals surface area contributed by atoms with E-state index >= 15 is 0 Å². The number of aliphatic carboxylic acids is 1. The fraction of sp³-hybridized carbons (Fsp3) is 0.100. The largest absolute Gasteiger partial charge is 0.507 e. The number of ether oxygens (including phenoxy) is 1. The monoisotopic (exact) mass is 403 g/mol. The van der Waals surface area contributed by atoms with Gasteiger partial charge < -0.3 is 19.5 Å². The lowest BCUT2D eigenvalue weighted by Crippen LogP contribution is -2.09. The zero-order valence-corrected chi connectivity index (χ0v) is 15.4. The summed E-state index contributed by atoms with van der Waals surface area (Å²) in [6.45, 7) is 0.0935. The van der Waals surface area contributed by atoms with E-state index in [1.54, 1.807) is 34.9 Å². The summed E-state index contributed by atoms with van der Waals surface area (Å²) in [4.78, 5) is 22.2. The Morgan fingerprint density at radius 2 is 1.93 bits per heavy atom. The highest BCUT2D eigenvalue weighted by Crippen LogP contribution is 2.34. The summed E-state index contributed by atoms with van der Waals surface area (Å²) in [7, 11) is 1.44. The number of carboxylic acids is 1. The average Bonchev–Trinajstić information content (AvgIpc) is 3.04. The number of carboxylic acid groups (broad SMARTS) is 1. The third-order valence-electron chi connectivity index (χ3n) is 4.21. The van der Waals surface area contributed by atoms with Crippen LogP contribution in [0.5, 0.6) is 5.75 Å². The van der Waals surface area contributed by atoms with Crippen molar-refractivity contribution in [1.82, 2.24) is 4.57 Å². The lowest BCUT2D eigenvalue weighted by Gasteiger charge is -2.08. The highest BCUT2D eigenvalue weighted by Gasteiger charge is 2.19. The summed E-state index contributed by atoms with van der Waals surface area (Å²) in [5.41, 5.74) is 1.10. The van der Waals surface area contributed by atoms with Gasteiger partial charge in [0, 0.05) is 23.4 Å². The zero-order valence-electron chi connectivity index (χ0n) is 14.6. The predicted molar refractivity (Wildman–Crippen MR) is 102 cm³/mol. The normalized spacial score (nSPS) is 11.6. The van der Waals surface area contributed by atoms with Crippen molar-refractivity contribution in [2.45, 2.75) is 6.54 Å². The molecule has 0 saturated carbocycles. The van der Waals surface area contributed by atoms with Crippen LogP contribution in [-0.4, -0.2) is 33.6 Å². The molecule has 28 heavy (non-hydrogen) atoms. The van der Waals surface area contributed by atoms with E-state index in [9.17, 15) is 19.1 Å². The van der Waals surface area contributed by atoms with Crippen molar-refractivity contribution in [2.75, 3.05) is 7.11 Å². The molecular formula is C20H15ClFNO5. The number of fused-ring (bicyclic) bond motifs is 1. The van der Waals surface area contributed by atoms with E-state index in [1.807, 2.05) is 0 Å². The first-order valence-electron chi connectivity index (χ1n) is 8.10. The maximum absolute atomic E-state index is 14.3. The van der Waals surface area contributed by atoms with Gasteiger partial charge in [0.15, 0.2) is 0 Å². The summed E-state index contributed by atoms with van der Waals surface area (Å²) >= 11 is 5.84. The van der Waals surface area contributed by atoms with Crippen LogP contribution in [0.1, 0.15) is 11.1 Å². The van der Waals surface area contributed by atoms with Gasteiger partial charge in [-0.15, -0.1) is 0 Å². The molecule has 0 amide bonds. The van der Waals surface area contributed by atoms with Crippen LogP contribution in [0.2, 0.25) is 5.02 Å². The Kier molecular flexibility index (Phi) is 5.37. The van der Waals surface area contributed by atoms with Gasteiger partial charge in [0.05, 0.1) is 29.6 Å². The first-order valence-corrected chi connectivity index (χ1v) is 8.48. The Labute approximate surface area is 164 Å². The smallest absolute Gasteiger partial charge is 0.376 e. The zero-order chi connectivity index (χ0) is 20.4. The Morgan fingerprint density at radius 3 is 2.61 bits per heavy atom. The molecule has 0 aliphatic rings. The average molecular weight is 404 g/mol. The molecule has 0 aliphatic heterocycles. The first-order chi connectivity index (χ1) is 13.3. The minimum atomic E-state index is -1.69. The van der Waals surface area contributed by atoms with Crippen LogP contribution >= 0.6 is 11.6 Å². The van der Waals surface area contributed by atoms with E-state index in [0.717, 1.165) is 0 Å². The number of aliphatic hydroxyl groups is 1. The van der Waals surface area contributed by atoms with E-state index in [0.29, 0.717) is 28.3 Å². The van der Waals surface area contributed by atoms with Gasteiger partial charge in [-0.1, -0.05) is 29.8 Å². The van der Waals surface area contributed by atoms with Gasteiger partial charge in [-0.05, 0) is 18.2 Å². The molecule has 0 aliphatic carbocycles. The van der Waals surface area contributed by atoms with E-state index in [4.69, 9.17) is 21.4 Å². The molecule has 3 rings (SSSR count). The number of carbonyl (C=O) groups is 2. The number of aromatic nitrogens is 1. The molecule has 2 aromatic carbocycles. The predicted octanol–water partition coefficient (Wildman–Crippen LogP) is 4.04. The van der Waals surface area contributed by atoms with Crippen molar-refractivity contribution >= 4 is 40.0 Å². The minimum absolute atomic E-state index is 0.0124. The highest BCUT2D eigenvalue weighted by atomic mass is 35.5. The van der Waals surface area contributed by atoms with E-state index in [2.05, 4.69) is 0 Å². The molecule has 0 atom stereocenters. The number of benzene rings is 2. The lowest BCUT2D eigenvalue weighted by atomic mass is 10.1. The Bertz CT molecular complexity index is 1120. The molecule has 3 aromatic rings.